The van der Waals surface area contributed by atoms with Gasteiger partial charge in [0.2, 0.25) is 0 Å². The van der Waals surface area contributed by atoms with E-state index >= 15 is 0 Å². The minimum Gasteiger partial charge on any atom is -0.449 e. The largest absolute Gasteiger partial charge is 0.449 e. The van der Waals surface area contributed by atoms with Crippen molar-refractivity contribution < 1.29 is 9.53 Å². The first-order valence-corrected chi connectivity index (χ1v) is 9.44. The minimum absolute atomic E-state index is 0.108. The summed E-state index contributed by atoms with van der Waals surface area (Å²) in [7, 11) is 0. The Morgan fingerprint density at radius 2 is 1.54 bits per heavy atom. The van der Waals surface area contributed by atoms with E-state index in [0.29, 0.717) is 6.61 Å². The smallest absolute Gasteiger partial charge is 0.407 e. The molecule has 0 aromatic heterocycles. The molecule has 0 radical (unpaired) electrons. The zero-order valence-corrected chi connectivity index (χ0v) is 15.2. The van der Waals surface area contributed by atoms with E-state index in [9.17, 15) is 4.79 Å². The van der Waals surface area contributed by atoms with Crippen molar-refractivity contribution in [3.8, 4) is 11.1 Å². The highest BCUT2D eigenvalue weighted by Crippen LogP contribution is 2.44. The summed E-state index contributed by atoms with van der Waals surface area (Å²) in [5, 5.41) is 3.11. The van der Waals surface area contributed by atoms with Gasteiger partial charge in [0, 0.05) is 11.5 Å². The number of ether oxygens (including phenoxy) is 1. The third kappa shape index (κ3) is 3.26. The second-order valence-corrected chi connectivity index (χ2v) is 7.56. The molecule has 2 aliphatic carbocycles. The molecule has 4 rings (SSSR count). The van der Waals surface area contributed by atoms with Crippen LogP contribution in [0.5, 0.6) is 0 Å². The van der Waals surface area contributed by atoms with E-state index < -0.39 is 0 Å². The normalized spacial score (nSPS) is 17.9. The average molecular weight is 347 g/mol. The maximum atomic E-state index is 12.5. The Balaban J connectivity index is 1.45. The van der Waals surface area contributed by atoms with Gasteiger partial charge in [-0.2, -0.15) is 0 Å². The van der Waals surface area contributed by atoms with Crippen LogP contribution in [0.4, 0.5) is 4.79 Å². The van der Waals surface area contributed by atoms with Crippen molar-refractivity contribution in [3.63, 3.8) is 0 Å². The molecule has 0 fully saturated rings. The molecule has 0 aliphatic heterocycles. The number of alkyl carbamates (subject to hydrolysis) is 1. The molecular weight excluding hydrogens is 322 g/mol. The number of fused-ring (bicyclic) bond motifs is 3. The predicted octanol–water partition coefficient (Wildman–Crippen LogP) is 5.41. The van der Waals surface area contributed by atoms with Gasteiger partial charge in [-0.25, -0.2) is 4.79 Å². The molecule has 0 bridgehead atoms. The molecule has 0 atom stereocenters. The van der Waals surface area contributed by atoms with Gasteiger partial charge < -0.3 is 10.1 Å². The third-order valence-corrected chi connectivity index (χ3v) is 5.64. The number of nitrogens with one attached hydrogen (secondary N) is 1. The van der Waals surface area contributed by atoms with Crippen LogP contribution in [-0.4, -0.2) is 18.2 Å². The lowest BCUT2D eigenvalue weighted by molar-refractivity contribution is 0.129. The van der Waals surface area contributed by atoms with Gasteiger partial charge in [0.1, 0.15) is 6.61 Å². The summed E-state index contributed by atoms with van der Waals surface area (Å²) in [5.41, 5.74) is 4.79. The van der Waals surface area contributed by atoms with E-state index in [4.69, 9.17) is 4.74 Å². The first-order valence-electron chi connectivity index (χ1n) is 9.44. The fourth-order valence-corrected chi connectivity index (χ4v) is 4.17. The molecule has 0 spiro atoms. The maximum Gasteiger partial charge on any atom is 0.407 e. The fourth-order valence-electron chi connectivity index (χ4n) is 4.17. The van der Waals surface area contributed by atoms with Crippen LogP contribution in [0.25, 0.3) is 11.1 Å². The summed E-state index contributed by atoms with van der Waals surface area (Å²) in [6, 6.07) is 16.8. The maximum absolute atomic E-state index is 12.5. The van der Waals surface area contributed by atoms with Crippen molar-refractivity contribution in [1.29, 1.82) is 0 Å². The number of benzene rings is 2. The average Bonchev–Trinajstić information content (AvgIpc) is 2.80. The van der Waals surface area contributed by atoms with Gasteiger partial charge in [0.25, 0.3) is 0 Å². The SMILES string of the molecule is CC1(NC(=O)OCC2c3ccccc3-c3ccccc32)CCC=CCC1. The molecule has 134 valence electrons. The van der Waals surface area contributed by atoms with Crippen molar-refractivity contribution in [1.82, 2.24) is 5.32 Å². The van der Waals surface area contributed by atoms with Crippen LogP contribution in [0.3, 0.4) is 0 Å². The Hall–Kier alpha value is -2.55. The van der Waals surface area contributed by atoms with E-state index in [1.165, 1.54) is 22.3 Å². The molecule has 0 saturated carbocycles. The van der Waals surface area contributed by atoms with Gasteiger partial charge in [-0.05, 0) is 54.9 Å². The lowest BCUT2D eigenvalue weighted by Gasteiger charge is -2.29. The third-order valence-electron chi connectivity index (χ3n) is 5.64. The summed E-state index contributed by atoms with van der Waals surface area (Å²) < 4.78 is 5.68. The van der Waals surface area contributed by atoms with Gasteiger partial charge in [0.15, 0.2) is 0 Å². The van der Waals surface area contributed by atoms with Crippen LogP contribution >= 0.6 is 0 Å². The Kier molecular flexibility index (Phi) is 4.54. The summed E-state index contributed by atoms with van der Waals surface area (Å²) in [5.74, 6) is 0.108. The molecule has 0 unspecified atom stereocenters. The number of carbonyl (C=O) groups is 1. The van der Waals surface area contributed by atoms with Crippen LogP contribution in [0.1, 0.15) is 49.7 Å². The highest BCUT2D eigenvalue weighted by Gasteiger charge is 2.31. The molecule has 1 amide bonds. The van der Waals surface area contributed by atoms with Crippen LogP contribution in [0.2, 0.25) is 0 Å². The van der Waals surface area contributed by atoms with E-state index in [0.717, 1.165) is 25.7 Å². The van der Waals surface area contributed by atoms with Crippen molar-refractivity contribution >= 4 is 6.09 Å². The number of hydrogen-bond acceptors (Lipinski definition) is 2. The van der Waals surface area contributed by atoms with Crippen molar-refractivity contribution in [3.05, 3.63) is 71.8 Å². The molecular formula is C23H25NO2. The van der Waals surface area contributed by atoms with Gasteiger partial charge >= 0.3 is 6.09 Å². The monoisotopic (exact) mass is 347 g/mol. The summed E-state index contributed by atoms with van der Waals surface area (Å²) in [4.78, 5) is 12.5. The van der Waals surface area contributed by atoms with Crippen molar-refractivity contribution in [2.75, 3.05) is 6.61 Å². The molecule has 2 aromatic rings. The first kappa shape index (κ1) is 16.9. The number of amides is 1. The first-order chi connectivity index (χ1) is 12.7. The molecule has 0 saturated heterocycles. The highest BCUT2D eigenvalue weighted by atomic mass is 16.5. The molecule has 1 N–H and O–H groups in total. The van der Waals surface area contributed by atoms with Crippen LogP contribution in [-0.2, 0) is 4.74 Å². The number of allylic oxidation sites excluding steroid dienone is 2. The minimum atomic E-state index is -0.309. The van der Waals surface area contributed by atoms with Gasteiger partial charge in [-0.15, -0.1) is 0 Å². The van der Waals surface area contributed by atoms with Gasteiger partial charge in [0.05, 0.1) is 0 Å². The van der Waals surface area contributed by atoms with Gasteiger partial charge in [-0.3, -0.25) is 0 Å². The van der Waals surface area contributed by atoms with Crippen LogP contribution in [0.15, 0.2) is 60.7 Å². The molecule has 0 heterocycles. The summed E-state index contributed by atoms with van der Waals surface area (Å²) in [6.07, 6.45) is 7.99. The van der Waals surface area contributed by atoms with Gasteiger partial charge in [-0.1, -0.05) is 60.7 Å². The highest BCUT2D eigenvalue weighted by molar-refractivity contribution is 5.79. The number of carbonyl (C=O) groups excluding carboxylic acids is 1. The Labute approximate surface area is 155 Å². The standard InChI is InChI=1S/C23H25NO2/c1-23(14-8-2-3-9-15-23)24-22(25)26-16-21-19-12-6-4-10-17(19)18-11-5-7-13-20(18)21/h2-7,10-13,21H,8-9,14-16H2,1H3,(H,24,25). The van der Waals surface area contributed by atoms with Crippen molar-refractivity contribution in [2.24, 2.45) is 0 Å². The Bertz CT molecular complexity index is 784. The van der Waals surface area contributed by atoms with Crippen LogP contribution < -0.4 is 5.32 Å². The molecule has 3 heteroatoms. The Morgan fingerprint density at radius 1 is 1.00 bits per heavy atom. The Morgan fingerprint density at radius 3 is 2.12 bits per heavy atom. The zero-order valence-electron chi connectivity index (χ0n) is 15.2. The topological polar surface area (TPSA) is 38.3 Å². The van der Waals surface area contributed by atoms with Crippen LogP contribution in [0, 0.1) is 0 Å². The molecule has 26 heavy (non-hydrogen) atoms. The second kappa shape index (κ2) is 6.99. The summed E-state index contributed by atoms with van der Waals surface area (Å²) >= 11 is 0. The predicted molar refractivity (Wildman–Crippen MR) is 104 cm³/mol. The summed E-state index contributed by atoms with van der Waals surface area (Å²) in [6.45, 7) is 2.48. The quantitative estimate of drug-likeness (QED) is 0.754. The number of hydrogen-bond donors (Lipinski definition) is 1. The van der Waals surface area contributed by atoms with Crippen molar-refractivity contribution in [2.45, 2.75) is 44.1 Å². The zero-order chi connectivity index (χ0) is 18.0. The number of rotatable bonds is 3. The fraction of sp³-hybridized carbons (Fsp3) is 0.348. The second-order valence-electron chi connectivity index (χ2n) is 7.56. The van der Waals surface area contributed by atoms with E-state index in [1.54, 1.807) is 0 Å². The van der Waals surface area contributed by atoms with E-state index in [2.05, 4.69) is 72.9 Å². The van der Waals surface area contributed by atoms with E-state index in [-0.39, 0.29) is 17.6 Å². The lowest BCUT2D eigenvalue weighted by Crippen LogP contribution is -2.46. The lowest BCUT2D eigenvalue weighted by atomic mass is 9.92. The molecule has 2 aromatic carbocycles. The van der Waals surface area contributed by atoms with E-state index in [1.807, 2.05) is 0 Å². The molecule has 3 nitrogen and oxygen atoms in total. The molecule has 2 aliphatic rings.